The number of nitrogens with one attached hydrogen (secondary N) is 1. The van der Waals surface area contributed by atoms with Crippen LogP contribution in [0.1, 0.15) is 25.3 Å². The Balaban J connectivity index is 1.92. The van der Waals surface area contributed by atoms with Crippen LogP contribution in [-0.2, 0) is 16.0 Å². The number of nitrogens with two attached hydrogens (primary N) is 2. The van der Waals surface area contributed by atoms with Crippen LogP contribution in [0.25, 0.3) is 0 Å². The van der Waals surface area contributed by atoms with Crippen LogP contribution in [0.5, 0.6) is 0 Å². The maximum atomic E-state index is 11.6. The standard InChI is InChI=1S/C15H20N4O2/c1-15(14(17)21)4-5-19(8-15)12-7-11-9(6-10(12)16)2-3-13(20)18-11/h6-7H,2-5,8,16H2,1H3,(H2,17,21)(H,18,20). The molecule has 0 aliphatic carbocycles. The molecule has 2 amide bonds. The lowest BCUT2D eigenvalue weighted by atomic mass is 9.89. The summed E-state index contributed by atoms with van der Waals surface area (Å²) in [5.41, 5.74) is 14.5. The Kier molecular flexibility index (Phi) is 3.04. The average Bonchev–Trinajstić information content (AvgIpc) is 2.82. The van der Waals surface area contributed by atoms with Crippen LogP contribution in [0, 0.1) is 5.41 Å². The Morgan fingerprint density at radius 3 is 2.81 bits per heavy atom. The van der Waals surface area contributed by atoms with Gasteiger partial charge in [-0.1, -0.05) is 0 Å². The fourth-order valence-corrected chi connectivity index (χ4v) is 3.08. The molecule has 1 fully saturated rings. The monoisotopic (exact) mass is 288 g/mol. The number of fused-ring (bicyclic) bond motifs is 1. The molecule has 0 radical (unpaired) electrons. The van der Waals surface area contributed by atoms with E-state index in [1.54, 1.807) is 0 Å². The van der Waals surface area contributed by atoms with Crippen LogP contribution in [0.3, 0.4) is 0 Å². The number of carbonyl (C=O) groups is 2. The van der Waals surface area contributed by atoms with E-state index in [2.05, 4.69) is 10.2 Å². The van der Waals surface area contributed by atoms with Crippen LogP contribution >= 0.6 is 0 Å². The molecule has 21 heavy (non-hydrogen) atoms. The molecule has 1 aromatic carbocycles. The molecule has 2 aliphatic rings. The van der Waals surface area contributed by atoms with Gasteiger partial charge in [0, 0.05) is 25.2 Å². The summed E-state index contributed by atoms with van der Waals surface area (Å²) in [5, 5.41) is 2.88. The quantitative estimate of drug-likeness (QED) is 0.702. The van der Waals surface area contributed by atoms with Gasteiger partial charge in [0.2, 0.25) is 11.8 Å². The van der Waals surface area contributed by atoms with E-state index in [0.717, 1.165) is 23.5 Å². The average molecular weight is 288 g/mol. The number of amides is 2. The van der Waals surface area contributed by atoms with Gasteiger partial charge < -0.3 is 21.7 Å². The van der Waals surface area contributed by atoms with Crippen molar-refractivity contribution in [1.29, 1.82) is 0 Å². The second-order valence-electron chi connectivity index (χ2n) is 6.21. The molecule has 2 heterocycles. The molecule has 1 aromatic rings. The number of nitrogens with zero attached hydrogens (tertiary/aromatic N) is 1. The molecule has 1 saturated heterocycles. The smallest absolute Gasteiger partial charge is 0.225 e. The molecule has 6 heteroatoms. The number of hydrogen-bond acceptors (Lipinski definition) is 4. The molecule has 6 nitrogen and oxygen atoms in total. The zero-order chi connectivity index (χ0) is 15.2. The summed E-state index contributed by atoms with van der Waals surface area (Å²) >= 11 is 0. The zero-order valence-corrected chi connectivity index (χ0v) is 12.1. The molecule has 1 atom stereocenters. The number of benzene rings is 1. The van der Waals surface area contributed by atoms with Crippen LogP contribution in [0.2, 0.25) is 0 Å². The highest BCUT2D eigenvalue weighted by molar-refractivity contribution is 5.95. The van der Waals surface area contributed by atoms with Crippen molar-refractivity contribution in [3.63, 3.8) is 0 Å². The summed E-state index contributed by atoms with van der Waals surface area (Å²) in [4.78, 5) is 25.2. The fourth-order valence-electron chi connectivity index (χ4n) is 3.08. The van der Waals surface area contributed by atoms with Crippen molar-refractivity contribution in [3.8, 4) is 0 Å². The van der Waals surface area contributed by atoms with Crippen molar-refractivity contribution in [2.24, 2.45) is 11.1 Å². The summed E-state index contributed by atoms with van der Waals surface area (Å²) < 4.78 is 0. The van der Waals surface area contributed by atoms with Crippen LogP contribution in [-0.4, -0.2) is 24.9 Å². The number of primary amides is 1. The number of hydrogen-bond donors (Lipinski definition) is 3. The third-order valence-corrected chi connectivity index (χ3v) is 4.56. The van der Waals surface area contributed by atoms with Crippen molar-refractivity contribution >= 4 is 28.9 Å². The van der Waals surface area contributed by atoms with E-state index in [1.165, 1.54) is 0 Å². The molecule has 0 bridgehead atoms. The van der Waals surface area contributed by atoms with E-state index < -0.39 is 5.41 Å². The highest BCUT2D eigenvalue weighted by Gasteiger charge is 2.39. The van der Waals surface area contributed by atoms with Gasteiger partial charge in [-0.2, -0.15) is 0 Å². The molecule has 0 saturated carbocycles. The molecule has 2 aliphatic heterocycles. The molecular weight excluding hydrogens is 268 g/mol. The van der Waals surface area contributed by atoms with Gasteiger partial charge >= 0.3 is 0 Å². The maximum Gasteiger partial charge on any atom is 0.225 e. The zero-order valence-electron chi connectivity index (χ0n) is 12.1. The number of rotatable bonds is 2. The number of carbonyl (C=O) groups excluding carboxylic acids is 2. The third-order valence-electron chi connectivity index (χ3n) is 4.56. The van der Waals surface area contributed by atoms with Gasteiger partial charge in [-0.3, -0.25) is 9.59 Å². The van der Waals surface area contributed by atoms with Gasteiger partial charge in [0.15, 0.2) is 0 Å². The van der Waals surface area contributed by atoms with Gasteiger partial charge in [0.05, 0.1) is 16.8 Å². The van der Waals surface area contributed by atoms with E-state index >= 15 is 0 Å². The second kappa shape index (κ2) is 4.65. The topological polar surface area (TPSA) is 101 Å². The van der Waals surface area contributed by atoms with E-state index in [9.17, 15) is 9.59 Å². The first-order valence-electron chi connectivity index (χ1n) is 7.16. The van der Waals surface area contributed by atoms with E-state index in [0.29, 0.717) is 31.5 Å². The van der Waals surface area contributed by atoms with Crippen molar-refractivity contribution < 1.29 is 9.59 Å². The highest BCUT2D eigenvalue weighted by atomic mass is 16.2. The first kappa shape index (κ1) is 13.7. The SMILES string of the molecule is CC1(C(N)=O)CCN(c2cc3c(cc2N)CCC(=O)N3)C1. The summed E-state index contributed by atoms with van der Waals surface area (Å²) in [6.07, 6.45) is 1.92. The lowest BCUT2D eigenvalue weighted by molar-refractivity contribution is -0.125. The Bertz CT molecular complexity index is 628. The summed E-state index contributed by atoms with van der Waals surface area (Å²) in [7, 11) is 0. The number of anilines is 3. The van der Waals surface area contributed by atoms with Gasteiger partial charge in [-0.25, -0.2) is 0 Å². The first-order chi connectivity index (χ1) is 9.89. The van der Waals surface area contributed by atoms with Gasteiger partial charge in [0.1, 0.15) is 0 Å². The van der Waals surface area contributed by atoms with Crippen molar-refractivity contribution in [2.75, 3.05) is 29.0 Å². The minimum atomic E-state index is -0.522. The Morgan fingerprint density at radius 2 is 2.14 bits per heavy atom. The second-order valence-corrected chi connectivity index (χ2v) is 6.21. The predicted molar refractivity (Wildman–Crippen MR) is 81.9 cm³/mol. The summed E-state index contributed by atoms with van der Waals surface area (Å²) in [5.74, 6) is -0.253. The summed E-state index contributed by atoms with van der Waals surface area (Å²) in [6.45, 7) is 3.17. The van der Waals surface area contributed by atoms with Crippen molar-refractivity contribution in [3.05, 3.63) is 17.7 Å². The predicted octanol–water partition coefficient (Wildman–Crippen LogP) is 0.855. The van der Waals surface area contributed by atoms with Crippen LogP contribution in [0.4, 0.5) is 17.1 Å². The molecule has 0 spiro atoms. The van der Waals surface area contributed by atoms with Gasteiger partial charge in [-0.05, 0) is 37.5 Å². The largest absolute Gasteiger partial charge is 0.397 e. The maximum absolute atomic E-state index is 11.6. The lowest BCUT2D eigenvalue weighted by Crippen LogP contribution is -2.37. The van der Waals surface area contributed by atoms with Gasteiger partial charge in [-0.15, -0.1) is 0 Å². The number of nitrogen functional groups attached to an aromatic ring is 1. The first-order valence-corrected chi connectivity index (χ1v) is 7.16. The minimum Gasteiger partial charge on any atom is -0.397 e. The highest BCUT2D eigenvalue weighted by Crippen LogP contribution is 2.38. The number of aryl methyl sites for hydroxylation is 1. The van der Waals surface area contributed by atoms with E-state index in [-0.39, 0.29) is 11.8 Å². The molecular formula is C15H20N4O2. The molecule has 0 aromatic heterocycles. The molecule has 112 valence electrons. The Morgan fingerprint density at radius 1 is 1.38 bits per heavy atom. The third kappa shape index (κ3) is 2.30. The molecule has 3 rings (SSSR count). The Hall–Kier alpha value is -2.24. The van der Waals surface area contributed by atoms with E-state index in [1.807, 2.05) is 19.1 Å². The Labute approximate surface area is 123 Å². The van der Waals surface area contributed by atoms with Crippen molar-refractivity contribution in [1.82, 2.24) is 0 Å². The van der Waals surface area contributed by atoms with E-state index in [4.69, 9.17) is 11.5 Å². The lowest BCUT2D eigenvalue weighted by Gasteiger charge is -2.26. The molecule has 1 unspecified atom stereocenters. The van der Waals surface area contributed by atoms with Crippen LogP contribution < -0.4 is 21.7 Å². The normalized spacial score (nSPS) is 24.6. The summed E-state index contributed by atoms with van der Waals surface area (Å²) in [6, 6.07) is 3.83. The molecule has 5 N–H and O–H groups in total. The van der Waals surface area contributed by atoms with Crippen LogP contribution in [0.15, 0.2) is 12.1 Å². The minimum absolute atomic E-state index is 0.0293. The van der Waals surface area contributed by atoms with Crippen molar-refractivity contribution in [2.45, 2.75) is 26.2 Å². The fraction of sp³-hybridized carbons (Fsp3) is 0.467. The van der Waals surface area contributed by atoms with Gasteiger partial charge in [0.25, 0.3) is 0 Å².